The van der Waals surface area contributed by atoms with Gasteiger partial charge in [0, 0.05) is 5.56 Å². The first-order valence-corrected chi connectivity index (χ1v) is 17.2. The summed E-state index contributed by atoms with van der Waals surface area (Å²) in [5.41, 5.74) is 8.23. The molecule has 0 radical (unpaired) electrons. The van der Waals surface area contributed by atoms with Crippen molar-refractivity contribution in [1.29, 1.82) is 0 Å². The lowest BCUT2D eigenvalue weighted by atomic mass is 9.85. The lowest BCUT2D eigenvalue weighted by molar-refractivity contribution is 0.505. The number of rotatable bonds is 5. The van der Waals surface area contributed by atoms with Crippen molar-refractivity contribution in [2.24, 2.45) is 0 Å². The molecule has 8 heteroatoms. The highest BCUT2D eigenvalue weighted by atomic mass is 32.2. The molecule has 2 heterocycles. The van der Waals surface area contributed by atoms with E-state index < -0.39 is 20.0 Å². The summed E-state index contributed by atoms with van der Waals surface area (Å²) >= 11 is 0. The van der Waals surface area contributed by atoms with Crippen LogP contribution in [0.5, 0.6) is 0 Å². The van der Waals surface area contributed by atoms with E-state index in [0.29, 0.717) is 11.4 Å². The SMILES string of the molecule is Cc1ccc(S(=O)(=O)N2Cc3ccc4c(c3C=C2c2ccccc2)-c2ccccc2N(S(=O)(=O)c2ccc(C)cc2)C4)cc1. The van der Waals surface area contributed by atoms with Gasteiger partial charge >= 0.3 is 0 Å². The van der Waals surface area contributed by atoms with Crippen molar-refractivity contribution in [2.45, 2.75) is 36.7 Å². The minimum Gasteiger partial charge on any atom is -0.261 e. The highest BCUT2D eigenvalue weighted by molar-refractivity contribution is 7.92. The van der Waals surface area contributed by atoms with E-state index in [1.165, 1.54) is 8.61 Å². The standard InChI is InChI=1S/C36H30N2O4S2/c1-25-12-18-30(19-13-25)43(39,40)37-24-29-17-16-28-23-38(44(41,42)31-20-14-26(2)15-21-31)35(27-8-4-3-5-9-27)22-33(28)36(29)32-10-6-7-11-34(32)37/h3-22H,23-24H2,1-2H3. The predicted octanol–water partition coefficient (Wildman–Crippen LogP) is 7.38. The van der Waals surface area contributed by atoms with Gasteiger partial charge in [0.15, 0.2) is 0 Å². The summed E-state index contributed by atoms with van der Waals surface area (Å²) in [5.74, 6) is 0. The lowest BCUT2D eigenvalue weighted by Crippen LogP contribution is -2.34. The van der Waals surface area contributed by atoms with E-state index in [4.69, 9.17) is 0 Å². The molecule has 0 amide bonds. The summed E-state index contributed by atoms with van der Waals surface area (Å²) in [5, 5.41) is 0. The Bertz CT molecular complexity index is 2160. The first-order valence-electron chi connectivity index (χ1n) is 14.3. The molecule has 0 saturated heterocycles. The Hall–Kier alpha value is -4.66. The minimum atomic E-state index is -3.88. The highest BCUT2D eigenvalue weighted by Crippen LogP contribution is 2.47. The summed E-state index contributed by atoms with van der Waals surface area (Å²) in [6.45, 7) is 4.16. The van der Waals surface area contributed by atoms with E-state index >= 15 is 0 Å². The summed E-state index contributed by atoms with van der Waals surface area (Å²) in [6, 6.07) is 34.7. The van der Waals surface area contributed by atoms with Crippen LogP contribution in [0.2, 0.25) is 0 Å². The maximum Gasteiger partial charge on any atom is 0.264 e. The Morgan fingerprint density at radius 1 is 0.545 bits per heavy atom. The molecule has 0 atom stereocenters. The molecule has 0 aromatic heterocycles. The molecule has 44 heavy (non-hydrogen) atoms. The van der Waals surface area contributed by atoms with Gasteiger partial charge in [-0.15, -0.1) is 0 Å². The van der Waals surface area contributed by atoms with E-state index in [9.17, 15) is 16.8 Å². The van der Waals surface area contributed by atoms with E-state index in [1.54, 1.807) is 48.5 Å². The van der Waals surface area contributed by atoms with Crippen LogP contribution in [0.1, 0.15) is 33.4 Å². The molecule has 6 nitrogen and oxygen atoms in total. The van der Waals surface area contributed by atoms with Gasteiger partial charge in [0.1, 0.15) is 0 Å². The number of aryl methyl sites for hydroxylation is 2. The van der Waals surface area contributed by atoms with E-state index in [2.05, 4.69) is 0 Å². The van der Waals surface area contributed by atoms with Gasteiger partial charge < -0.3 is 0 Å². The number of nitrogens with zero attached hydrogens (tertiary/aromatic N) is 2. The van der Waals surface area contributed by atoms with E-state index in [-0.39, 0.29) is 22.9 Å². The van der Waals surface area contributed by atoms with Crippen molar-refractivity contribution >= 4 is 37.5 Å². The smallest absolute Gasteiger partial charge is 0.261 e. The molecule has 7 rings (SSSR count). The van der Waals surface area contributed by atoms with Crippen molar-refractivity contribution < 1.29 is 16.8 Å². The monoisotopic (exact) mass is 618 g/mol. The number of benzene rings is 5. The summed E-state index contributed by atoms with van der Waals surface area (Å²) in [4.78, 5) is 0.469. The first-order chi connectivity index (χ1) is 21.1. The molecule has 0 fully saturated rings. The van der Waals surface area contributed by atoms with Crippen LogP contribution in [0.3, 0.4) is 0 Å². The Balaban J connectivity index is 1.40. The van der Waals surface area contributed by atoms with Gasteiger partial charge in [-0.3, -0.25) is 8.61 Å². The molecule has 0 spiro atoms. The van der Waals surface area contributed by atoms with Gasteiger partial charge in [-0.05, 0) is 78.1 Å². The summed E-state index contributed by atoms with van der Waals surface area (Å²) < 4.78 is 59.0. The fourth-order valence-corrected chi connectivity index (χ4v) is 8.91. The molecule has 5 aromatic rings. The van der Waals surface area contributed by atoms with Crippen molar-refractivity contribution in [3.63, 3.8) is 0 Å². The third-order valence-electron chi connectivity index (χ3n) is 8.33. The van der Waals surface area contributed by atoms with Gasteiger partial charge in [0.2, 0.25) is 0 Å². The number of anilines is 1. The maximum atomic E-state index is 14.1. The van der Waals surface area contributed by atoms with Gasteiger partial charge in [0.25, 0.3) is 20.0 Å². The number of para-hydroxylation sites is 1. The fourth-order valence-electron chi connectivity index (χ4n) is 5.99. The van der Waals surface area contributed by atoms with Gasteiger partial charge in [-0.1, -0.05) is 96.1 Å². The normalized spacial score (nSPS) is 14.4. The van der Waals surface area contributed by atoms with E-state index in [0.717, 1.165) is 44.5 Å². The molecule has 0 N–H and O–H groups in total. The highest BCUT2D eigenvalue weighted by Gasteiger charge is 2.36. The quantitative estimate of drug-likeness (QED) is 0.206. The molecular formula is C36H30N2O4S2. The number of sulfonamides is 2. The fraction of sp³-hybridized carbons (Fsp3) is 0.111. The second-order valence-electron chi connectivity index (χ2n) is 11.2. The molecular weight excluding hydrogens is 589 g/mol. The van der Waals surface area contributed by atoms with Crippen LogP contribution in [0.25, 0.3) is 22.9 Å². The van der Waals surface area contributed by atoms with Crippen molar-refractivity contribution in [1.82, 2.24) is 4.31 Å². The summed E-state index contributed by atoms with van der Waals surface area (Å²) in [6.07, 6.45) is 1.94. The Morgan fingerprint density at radius 2 is 1.07 bits per heavy atom. The van der Waals surface area contributed by atoms with Crippen LogP contribution < -0.4 is 4.31 Å². The second-order valence-corrected chi connectivity index (χ2v) is 15.0. The van der Waals surface area contributed by atoms with Crippen LogP contribution in [0.4, 0.5) is 5.69 Å². The van der Waals surface area contributed by atoms with E-state index in [1.807, 2.05) is 86.7 Å². The zero-order chi connectivity index (χ0) is 30.6. The second kappa shape index (κ2) is 10.5. The maximum absolute atomic E-state index is 14.1. The molecule has 0 aliphatic carbocycles. The molecule has 0 saturated carbocycles. The zero-order valence-corrected chi connectivity index (χ0v) is 25.9. The molecule has 2 aliphatic heterocycles. The van der Waals surface area contributed by atoms with Crippen molar-refractivity contribution in [2.75, 3.05) is 4.31 Å². The molecule has 5 aromatic carbocycles. The predicted molar refractivity (Wildman–Crippen MR) is 175 cm³/mol. The summed E-state index contributed by atoms with van der Waals surface area (Å²) in [7, 11) is -7.73. The largest absolute Gasteiger partial charge is 0.264 e. The van der Waals surface area contributed by atoms with Crippen LogP contribution in [0.15, 0.2) is 125 Å². The minimum absolute atomic E-state index is 0.146. The Labute approximate surface area is 258 Å². The van der Waals surface area contributed by atoms with Crippen LogP contribution in [-0.4, -0.2) is 21.1 Å². The Kier molecular flexibility index (Phi) is 6.72. The van der Waals surface area contributed by atoms with Crippen molar-refractivity contribution in [3.8, 4) is 11.1 Å². The average Bonchev–Trinajstić information content (AvgIpc) is 3.04. The molecule has 0 bridgehead atoms. The van der Waals surface area contributed by atoms with Gasteiger partial charge in [-0.25, -0.2) is 16.8 Å². The first kappa shape index (κ1) is 28.1. The van der Waals surface area contributed by atoms with Crippen molar-refractivity contribution in [3.05, 3.63) is 149 Å². The third kappa shape index (κ3) is 4.62. The molecule has 2 aliphatic rings. The van der Waals surface area contributed by atoms with Crippen LogP contribution in [0, 0.1) is 13.8 Å². The average molecular weight is 619 g/mol. The number of fused-ring (bicyclic) bond motifs is 5. The molecule has 220 valence electrons. The number of hydrogen-bond donors (Lipinski definition) is 0. The Morgan fingerprint density at radius 3 is 1.70 bits per heavy atom. The lowest BCUT2D eigenvalue weighted by Gasteiger charge is -2.36. The van der Waals surface area contributed by atoms with Gasteiger partial charge in [-0.2, -0.15) is 0 Å². The topological polar surface area (TPSA) is 74.8 Å². The number of hydrogen-bond acceptors (Lipinski definition) is 4. The van der Waals surface area contributed by atoms with Crippen LogP contribution in [-0.2, 0) is 33.1 Å². The zero-order valence-electron chi connectivity index (χ0n) is 24.3. The van der Waals surface area contributed by atoms with Crippen LogP contribution >= 0.6 is 0 Å². The molecule has 0 unspecified atom stereocenters. The third-order valence-corrected chi connectivity index (χ3v) is 11.9. The van der Waals surface area contributed by atoms with Gasteiger partial charge in [0.05, 0.1) is 34.3 Å².